The average molecular weight is 266 g/mol. The van der Waals surface area contributed by atoms with Crippen LogP contribution in [-0.2, 0) is 23.4 Å². The number of aryl methyl sites for hydroxylation is 1. The third kappa shape index (κ3) is 3.11. The van der Waals surface area contributed by atoms with Gasteiger partial charge in [0.1, 0.15) is 9.84 Å². The van der Waals surface area contributed by atoms with Crippen LogP contribution in [0, 0.1) is 0 Å². The van der Waals surface area contributed by atoms with Crippen LogP contribution in [0.15, 0.2) is 30.5 Å². The van der Waals surface area contributed by atoms with Gasteiger partial charge in [0.15, 0.2) is 0 Å². The quantitative estimate of drug-likeness (QED) is 0.830. The Kier molecular flexibility index (Phi) is 3.73. The molecule has 2 rings (SSSR count). The predicted octanol–water partition coefficient (Wildman–Crippen LogP) is 1.31. The van der Waals surface area contributed by atoms with E-state index < -0.39 is 9.84 Å². The number of hydrogen-bond donors (Lipinski definition) is 1. The minimum atomic E-state index is -2.88. The van der Waals surface area contributed by atoms with Crippen LogP contribution in [0.5, 0.6) is 0 Å². The summed E-state index contributed by atoms with van der Waals surface area (Å²) in [6.07, 6.45) is 3.34. The van der Waals surface area contributed by atoms with Gasteiger partial charge in [0.05, 0.1) is 5.75 Å². The van der Waals surface area contributed by atoms with Crippen molar-refractivity contribution >= 4 is 20.7 Å². The Morgan fingerprint density at radius 2 is 2.00 bits per heavy atom. The minimum absolute atomic E-state index is 0.178. The van der Waals surface area contributed by atoms with Gasteiger partial charge in [0.2, 0.25) is 0 Å². The first-order valence-electron chi connectivity index (χ1n) is 5.89. The molecular formula is C13H18N2O2S. The molecule has 0 aliphatic carbocycles. The Labute approximate surface area is 108 Å². The maximum Gasteiger partial charge on any atom is 0.148 e. The van der Waals surface area contributed by atoms with Crippen molar-refractivity contribution in [2.24, 2.45) is 7.05 Å². The number of hydrogen-bond acceptors (Lipinski definition) is 3. The SMILES string of the molecule is Cn1cc(CNCCS(C)(=O)=O)c2ccccc21. The van der Waals surface area contributed by atoms with Gasteiger partial charge in [0, 0.05) is 43.5 Å². The van der Waals surface area contributed by atoms with E-state index in [-0.39, 0.29) is 5.75 Å². The molecule has 1 aromatic heterocycles. The lowest BCUT2D eigenvalue weighted by atomic mass is 10.2. The third-order valence-corrected chi connectivity index (χ3v) is 3.89. The van der Waals surface area contributed by atoms with Crippen LogP contribution in [0.2, 0.25) is 0 Å². The molecule has 1 heterocycles. The van der Waals surface area contributed by atoms with Crippen molar-refractivity contribution in [2.45, 2.75) is 6.54 Å². The summed E-state index contributed by atoms with van der Waals surface area (Å²) >= 11 is 0. The van der Waals surface area contributed by atoms with E-state index in [0.717, 1.165) is 0 Å². The van der Waals surface area contributed by atoms with E-state index in [9.17, 15) is 8.42 Å². The van der Waals surface area contributed by atoms with Crippen molar-refractivity contribution in [3.63, 3.8) is 0 Å². The van der Waals surface area contributed by atoms with Crippen LogP contribution < -0.4 is 5.32 Å². The smallest absolute Gasteiger partial charge is 0.148 e. The van der Waals surface area contributed by atoms with E-state index in [0.29, 0.717) is 13.1 Å². The largest absolute Gasteiger partial charge is 0.350 e. The monoisotopic (exact) mass is 266 g/mol. The zero-order chi connectivity index (χ0) is 13.2. The molecule has 0 unspecified atom stereocenters. The molecule has 1 aromatic carbocycles. The summed E-state index contributed by atoms with van der Waals surface area (Å²) in [5.74, 6) is 0.178. The Bertz CT molecular complexity index is 644. The molecular weight excluding hydrogens is 248 g/mol. The van der Waals surface area contributed by atoms with Gasteiger partial charge in [-0.2, -0.15) is 0 Å². The number of rotatable bonds is 5. The normalized spacial score (nSPS) is 12.1. The van der Waals surface area contributed by atoms with Crippen molar-refractivity contribution < 1.29 is 8.42 Å². The lowest BCUT2D eigenvalue weighted by Crippen LogP contribution is -2.21. The summed E-state index contributed by atoms with van der Waals surface area (Å²) in [7, 11) is -0.867. The lowest BCUT2D eigenvalue weighted by Gasteiger charge is -2.02. The second-order valence-corrected chi connectivity index (χ2v) is 6.85. The first-order chi connectivity index (χ1) is 8.47. The van der Waals surface area contributed by atoms with E-state index >= 15 is 0 Å². The van der Waals surface area contributed by atoms with Crippen LogP contribution in [0.3, 0.4) is 0 Å². The number of nitrogens with zero attached hydrogens (tertiary/aromatic N) is 1. The molecule has 18 heavy (non-hydrogen) atoms. The molecule has 4 nitrogen and oxygen atoms in total. The van der Waals surface area contributed by atoms with Crippen molar-refractivity contribution in [3.05, 3.63) is 36.0 Å². The molecule has 0 spiro atoms. The van der Waals surface area contributed by atoms with Crippen molar-refractivity contribution in [3.8, 4) is 0 Å². The highest BCUT2D eigenvalue weighted by atomic mass is 32.2. The summed E-state index contributed by atoms with van der Waals surface area (Å²) in [5, 5.41) is 4.39. The van der Waals surface area contributed by atoms with Crippen molar-refractivity contribution in [1.82, 2.24) is 9.88 Å². The molecule has 5 heteroatoms. The molecule has 1 N–H and O–H groups in total. The predicted molar refractivity (Wildman–Crippen MR) is 74.3 cm³/mol. The second kappa shape index (κ2) is 5.12. The molecule has 0 saturated heterocycles. The van der Waals surface area contributed by atoms with Crippen LogP contribution in [0.4, 0.5) is 0 Å². The summed E-state index contributed by atoms with van der Waals surface area (Å²) in [4.78, 5) is 0. The van der Waals surface area contributed by atoms with Gasteiger partial charge in [-0.1, -0.05) is 18.2 Å². The molecule has 0 fully saturated rings. The number of benzene rings is 1. The van der Waals surface area contributed by atoms with Crippen LogP contribution in [0.25, 0.3) is 10.9 Å². The maximum absolute atomic E-state index is 11.0. The highest BCUT2D eigenvalue weighted by Gasteiger charge is 2.06. The average Bonchev–Trinajstić information content (AvgIpc) is 2.62. The van der Waals surface area contributed by atoms with Gasteiger partial charge in [0.25, 0.3) is 0 Å². The van der Waals surface area contributed by atoms with Crippen LogP contribution >= 0.6 is 0 Å². The zero-order valence-corrected chi connectivity index (χ0v) is 11.5. The minimum Gasteiger partial charge on any atom is -0.350 e. The number of para-hydroxylation sites is 1. The fourth-order valence-corrected chi connectivity index (χ4v) is 2.56. The van der Waals surface area contributed by atoms with E-state index in [2.05, 4.69) is 28.2 Å². The first-order valence-corrected chi connectivity index (χ1v) is 7.95. The van der Waals surface area contributed by atoms with Gasteiger partial charge in [-0.25, -0.2) is 8.42 Å². The fraction of sp³-hybridized carbons (Fsp3) is 0.385. The van der Waals surface area contributed by atoms with Gasteiger partial charge in [-0.05, 0) is 11.6 Å². The third-order valence-electron chi connectivity index (χ3n) is 2.94. The fourth-order valence-electron chi connectivity index (χ4n) is 2.05. The summed E-state index contributed by atoms with van der Waals surface area (Å²) in [6, 6.07) is 8.20. The Morgan fingerprint density at radius 3 is 2.72 bits per heavy atom. The summed E-state index contributed by atoms with van der Waals surface area (Å²) in [5.41, 5.74) is 2.39. The van der Waals surface area contributed by atoms with Crippen LogP contribution in [0.1, 0.15) is 5.56 Å². The zero-order valence-electron chi connectivity index (χ0n) is 10.7. The molecule has 2 aromatic rings. The van der Waals surface area contributed by atoms with E-state index in [1.807, 2.05) is 19.2 Å². The summed E-state index contributed by atoms with van der Waals surface area (Å²) in [6.45, 7) is 1.18. The number of aromatic nitrogens is 1. The van der Waals surface area contributed by atoms with E-state index in [1.54, 1.807) is 0 Å². The molecule has 98 valence electrons. The van der Waals surface area contributed by atoms with Crippen LogP contribution in [-0.4, -0.2) is 31.5 Å². The van der Waals surface area contributed by atoms with E-state index in [4.69, 9.17) is 0 Å². The molecule has 0 bridgehead atoms. The lowest BCUT2D eigenvalue weighted by molar-refractivity contribution is 0.596. The summed E-state index contributed by atoms with van der Waals surface area (Å²) < 4.78 is 24.1. The Morgan fingerprint density at radius 1 is 1.28 bits per heavy atom. The maximum atomic E-state index is 11.0. The molecule has 0 aliphatic heterocycles. The Balaban J connectivity index is 2.04. The molecule has 0 atom stereocenters. The Hall–Kier alpha value is -1.33. The highest BCUT2D eigenvalue weighted by molar-refractivity contribution is 7.90. The van der Waals surface area contributed by atoms with Gasteiger partial charge in [-0.3, -0.25) is 0 Å². The molecule has 0 amide bonds. The van der Waals surface area contributed by atoms with Crippen molar-refractivity contribution in [1.29, 1.82) is 0 Å². The highest BCUT2D eigenvalue weighted by Crippen LogP contribution is 2.19. The number of nitrogens with one attached hydrogen (secondary N) is 1. The van der Waals surface area contributed by atoms with Gasteiger partial charge in [-0.15, -0.1) is 0 Å². The number of fused-ring (bicyclic) bond motifs is 1. The molecule has 0 aliphatic rings. The topological polar surface area (TPSA) is 51.1 Å². The van der Waals surface area contributed by atoms with Gasteiger partial charge >= 0.3 is 0 Å². The van der Waals surface area contributed by atoms with E-state index in [1.165, 1.54) is 22.7 Å². The van der Waals surface area contributed by atoms with Crippen molar-refractivity contribution in [2.75, 3.05) is 18.6 Å². The molecule has 0 radical (unpaired) electrons. The standard InChI is InChI=1S/C13H18N2O2S/c1-15-10-11(9-14-7-8-18(2,16)17)12-5-3-4-6-13(12)15/h3-6,10,14H,7-9H2,1-2H3. The first kappa shape index (κ1) is 13.1. The number of sulfone groups is 1. The second-order valence-electron chi connectivity index (χ2n) is 4.59. The van der Waals surface area contributed by atoms with Gasteiger partial charge < -0.3 is 9.88 Å². The molecule has 0 saturated carbocycles.